The number of nitrogens with zero attached hydrogens (tertiary/aromatic N) is 2. The summed E-state index contributed by atoms with van der Waals surface area (Å²) in [5.41, 5.74) is 3.48. The number of pyridine rings is 1. The van der Waals surface area contributed by atoms with Gasteiger partial charge in [-0.05, 0) is 66.3 Å². The third kappa shape index (κ3) is 5.35. The molecule has 2 heterocycles. The maximum atomic E-state index is 13.4. The molecule has 2 aromatic carbocycles. The summed E-state index contributed by atoms with van der Waals surface area (Å²) >= 11 is 0. The van der Waals surface area contributed by atoms with Gasteiger partial charge in [0, 0.05) is 36.6 Å². The first kappa shape index (κ1) is 24.5. The molecule has 5 rings (SSSR count). The zero-order valence-corrected chi connectivity index (χ0v) is 19.8. The Labute approximate surface area is 210 Å². The van der Waals surface area contributed by atoms with Crippen molar-refractivity contribution < 1.29 is 27.9 Å². The molecule has 190 valence electrons. The minimum Gasteiger partial charge on any atom is -0.481 e. The Morgan fingerprint density at radius 2 is 1.57 bits per heavy atom. The Balaban J connectivity index is 1.28. The molecule has 0 radical (unpaired) electrons. The Morgan fingerprint density at radius 1 is 0.919 bits per heavy atom. The van der Waals surface area contributed by atoms with Gasteiger partial charge in [-0.2, -0.15) is 0 Å². The number of imidazole rings is 1. The quantitative estimate of drug-likeness (QED) is 0.295. The predicted molar refractivity (Wildman–Crippen MR) is 132 cm³/mol. The fraction of sp³-hybridized carbons (Fsp3) is 0.250. The highest BCUT2D eigenvalue weighted by atomic mass is 19.2. The largest absolute Gasteiger partial charge is 0.481 e. The average molecular weight is 508 g/mol. The lowest BCUT2D eigenvalue weighted by Crippen LogP contribution is -2.16. The summed E-state index contributed by atoms with van der Waals surface area (Å²) in [6.07, 6.45) is 7.42. The van der Waals surface area contributed by atoms with E-state index in [2.05, 4.69) is 22.4 Å². The molecule has 2 N–H and O–H groups in total. The second-order valence-corrected chi connectivity index (χ2v) is 9.45. The SMILES string of the molecule is O=C(O)CC1CCC(c2ccc(-c3ccc4nc(C(=O)Nc5cc(F)c(F)c(F)c5)cn4c3)cc2)CC1. The number of aromatic nitrogens is 2. The number of hydrogen-bond acceptors (Lipinski definition) is 3. The molecule has 0 spiro atoms. The number of fused-ring (bicyclic) bond motifs is 1. The lowest BCUT2D eigenvalue weighted by Gasteiger charge is -2.28. The molecule has 1 fully saturated rings. The number of amides is 1. The molecule has 4 aromatic rings. The van der Waals surface area contributed by atoms with Gasteiger partial charge < -0.3 is 14.8 Å². The number of aliphatic carboxylic acids is 1. The van der Waals surface area contributed by atoms with E-state index in [0.29, 0.717) is 23.7 Å². The van der Waals surface area contributed by atoms with E-state index in [4.69, 9.17) is 5.11 Å². The highest BCUT2D eigenvalue weighted by Gasteiger charge is 2.24. The summed E-state index contributed by atoms with van der Waals surface area (Å²) < 4.78 is 41.7. The van der Waals surface area contributed by atoms with Gasteiger partial charge in [0.1, 0.15) is 11.3 Å². The van der Waals surface area contributed by atoms with E-state index >= 15 is 0 Å². The molecule has 1 amide bonds. The molecule has 6 nitrogen and oxygen atoms in total. The van der Waals surface area contributed by atoms with Crippen LogP contribution in [0.4, 0.5) is 18.9 Å². The van der Waals surface area contributed by atoms with Crippen LogP contribution in [0.15, 0.2) is 60.9 Å². The maximum absolute atomic E-state index is 13.4. The summed E-state index contributed by atoms with van der Waals surface area (Å²) in [4.78, 5) is 27.8. The van der Waals surface area contributed by atoms with Crippen molar-refractivity contribution in [3.8, 4) is 11.1 Å². The number of nitrogens with one attached hydrogen (secondary N) is 1. The van der Waals surface area contributed by atoms with E-state index in [0.717, 1.165) is 36.8 Å². The van der Waals surface area contributed by atoms with Crippen molar-refractivity contribution in [3.05, 3.63) is 89.6 Å². The summed E-state index contributed by atoms with van der Waals surface area (Å²) in [5.74, 6) is -5.11. The second kappa shape index (κ2) is 10.1. The molecule has 0 saturated heterocycles. The van der Waals surface area contributed by atoms with Gasteiger partial charge in [-0.3, -0.25) is 9.59 Å². The van der Waals surface area contributed by atoms with Gasteiger partial charge in [0.05, 0.1) is 0 Å². The predicted octanol–water partition coefficient (Wildman–Crippen LogP) is 6.42. The van der Waals surface area contributed by atoms with Gasteiger partial charge in [-0.15, -0.1) is 0 Å². The van der Waals surface area contributed by atoms with E-state index in [1.54, 1.807) is 10.5 Å². The van der Waals surface area contributed by atoms with Crippen LogP contribution in [0, 0.1) is 23.4 Å². The summed E-state index contributed by atoms with van der Waals surface area (Å²) in [6.45, 7) is 0. The number of anilines is 1. The Bertz CT molecular complexity index is 1450. The first-order chi connectivity index (χ1) is 17.8. The first-order valence-electron chi connectivity index (χ1n) is 12.0. The standard InChI is InChI=1S/C28H24F3N3O3/c29-22-12-21(13-23(30)27(22)31)32-28(37)24-15-34-14-20(9-10-25(34)33-24)19-7-5-18(6-8-19)17-3-1-16(2-4-17)11-26(35)36/h5-10,12-17H,1-4,11H2,(H,32,37)(H,35,36). The summed E-state index contributed by atoms with van der Waals surface area (Å²) in [6, 6.07) is 13.4. The van der Waals surface area contributed by atoms with Gasteiger partial charge in [-0.25, -0.2) is 18.2 Å². The van der Waals surface area contributed by atoms with E-state index in [9.17, 15) is 22.8 Å². The number of carboxylic acids is 1. The Kier molecular flexibility index (Phi) is 6.69. The number of hydrogen-bond donors (Lipinski definition) is 2. The number of carboxylic acid groups (broad SMARTS) is 1. The average Bonchev–Trinajstić information content (AvgIpc) is 3.31. The maximum Gasteiger partial charge on any atom is 0.303 e. The van der Waals surface area contributed by atoms with Crippen LogP contribution < -0.4 is 5.32 Å². The molecule has 0 unspecified atom stereocenters. The highest BCUT2D eigenvalue weighted by molar-refractivity contribution is 6.03. The lowest BCUT2D eigenvalue weighted by atomic mass is 9.77. The fourth-order valence-corrected chi connectivity index (χ4v) is 4.99. The molecular formula is C28H24F3N3O3. The van der Waals surface area contributed by atoms with Crippen LogP contribution in [0.5, 0.6) is 0 Å². The van der Waals surface area contributed by atoms with E-state index in [1.807, 2.05) is 24.4 Å². The van der Waals surface area contributed by atoms with Crippen LogP contribution in [0.3, 0.4) is 0 Å². The summed E-state index contributed by atoms with van der Waals surface area (Å²) in [5, 5.41) is 11.3. The fourth-order valence-electron chi connectivity index (χ4n) is 4.99. The van der Waals surface area contributed by atoms with Crippen molar-refractivity contribution >= 4 is 23.2 Å². The smallest absolute Gasteiger partial charge is 0.303 e. The van der Waals surface area contributed by atoms with Gasteiger partial charge in [0.15, 0.2) is 17.5 Å². The molecule has 9 heteroatoms. The third-order valence-corrected chi connectivity index (χ3v) is 6.95. The number of halogens is 3. The monoisotopic (exact) mass is 507 g/mol. The lowest BCUT2D eigenvalue weighted by molar-refractivity contribution is -0.138. The van der Waals surface area contributed by atoms with Crippen LogP contribution in [-0.4, -0.2) is 26.4 Å². The molecule has 1 saturated carbocycles. The molecule has 37 heavy (non-hydrogen) atoms. The van der Waals surface area contributed by atoms with E-state index in [1.165, 1.54) is 11.8 Å². The van der Waals surface area contributed by atoms with Crippen LogP contribution in [0.2, 0.25) is 0 Å². The number of benzene rings is 2. The van der Waals surface area contributed by atoms with Crippen molar-refractivity contribution in [2.45, 2.75) is 38.0 Å². The van der Waals surface area contributed by atoms with E-state index < -0.39 is 29.3 Å². The normalized spacial score (nSPS) is 17.6. The molecule has 1 aliphatic carbocycles. The van der Waals surface area contributed by atoms with Gasteiger partial charge in [0.2, 0.25) is 0 Å². The van der Waals surface area contributed by atoms with Crippen molar-refractivity contribution in [2.75, 3.05) is 5.32 Å². The molecule has 0 bridgehead atoms. The highest BCUT2D eigenvalue weighted by Crippen LogP contribution is 2.37. The topological polar surface area (TPSA) is 83.7 Å². The number of carbonyl (C=O) groups excluding carboxylic acids is 1. The molecular weight excluding hydrogens is 483 g/mol. The van der Waals surface area contributed by atoms with Crippen LogP contribution >= 0.6 is 0 Å². The number of carbonyl (C=O) groups is 2. The van der Waals surface area contributed by atoms with E-state index in [-0.39, 0.29) is 23.7 Å². The Hall–Kier alpha value is -4.14. The van der Waals surface area contributed by atoms with Crippen LogP contribution in [-0.2, 0) is 4.79 Å². The van der Waals surface area contributed by atoms with Crippen molar-refractivity contribution in [3.63, 3.8) is 0 Å². The molecule has 2 aromatic heterocycles. The van der Waals surface area contributed by atoms with Crippen molar-refractivity contribution in [1.82, 2.24) is 9.38 Å². The molecule has 0 atom stereocenters. The minimum atomic E-state index is -1.60. The van der Waals surface area contributed by atoms with Crippen molar-refractivity contribution in [1.29, 1.82) is 0 Å². The minimum absolute atomic E-state index is 0.0381. The summed E-state index contributed by atoms with van der Waals surface area (Å²) in [7, 11) is 0. The molecule has 0 aliphatic heterocycles. The molecule has 1 aliphatic rings. The van der Waals surface area contributed by atoms with Gasteiger partial charge >= 0.3 is 5.97 Å². The van der Waals surface area contributed by atoms with Gasteiger partial charge in [0.25, 0.3) is 5.91 Å². The third-order valence-electron chi connectivity index (χ3n) is 6.95. The zero-order chi connectivity index (χ0) is 26.1. The van der Waals surface area contributed by atoms with Gasteiger partial charge in [-0.1, -0.05) is 24.3 Å². The number of rotatable bonds is 6. The second-order valence-electron chi connectivity index (χ2n) is 9.45. The van der Waals surface area contributed by atoms with Crippen LogP contribution in [0.1, 0.15) is 54.1 Å². The Morgan fingerprint density at radius 3 is 2.22 bits per heavy atom. The first-order valence-corrected chi connectivity index (χ1v) is 12.0. The van der Waals surface area contributed by atoms with Crippen molar-refractivity contribution in [2.24, 2.45) is 5.92 Å². The zero-order valence-electron chi connectivity index (χ0n) is 19.8. The van der Waals surface area contributed by atoms with Crippen LogP contribution in [0.25, 0.3) is 16.8 Å².